The van der Waals surface area contributed by atoms with Crippen molar-refractivity contribution in [2.24, 2.45) is 4.99 Å². The van der Waals surface area contributed by atoms with Crippen molar-refractivity contribution in [3.63, 3.8) is 0 Å². The summed E-state index contributed by atoms with van der Waals surface area (Å²) in [5, 5.41) is 7.70. The van der Waals surface area contributed by atoms with Gasteiger partial charge >= 0.3 is 0 Å². The number of nitrogens with one attached hydrogen (secondary N) is 2. The molecule has 26 heavy (non-hydrogen) atoms. The van der Waals surface area contributed by atoms with Crippen LogP contribution in [0, 0.1) is 6.92 Å². The highest BCUT2D eigenvalue weighted by Crippen LogP contribution is 2.11. The highest BCUT2D eigenvalue weighted by atomic mass is 32.1. The van der Waals surface area contributed by atoms with Gasteiger partial charge in [0.1, 0.15) is 5.01 Å². The van der Waals surface area contributed by atoms with Crippen molar-refractivity contribution in [2.75, 3.05) is 6.54 Å². The van der Waals surface area contributed by atoms with Crippen molar-refractivity contribution in [2.45, 2.75) is 33.5 Å². The maximum absolute atomic E-state index is 4.70. The fraction of sp³-hybridized carbons (Fsp3) is 0.316. The number of hydrogen-bond donors (Lipinski definition) is 2. The molecule has 1 aromatic carbocycles. The average Bonchev–Trinajstić information content (AvgIpc) is 3.29. The van der Waals surface area contributed by atoms with Gasteiger partial charge in [0.05, 0.1) is 19.4 Å². The molecule has 136 valence electrons. The minimum Gasteiger partial charge on any atom is -0.357 e. The zero-order valence-electron chi connectivity index (χ0n) is 15.1. The second-order valence-electron chi connectivity index (χ2n) is 5.97. The van der Waals surface area contributed by atoms with Crippen molar-refractivity contribution in [1.82, 2.24) is 25.2 Å². The molecule has 0 fully saturated rings. The molecule has 7 heteroatoms. The number of imidazole rings is 1. The number of guanidine groups is 1. The van der Waals surface area contributed by atoms with Gasteiger partial charge in [0.25, 0.3) is 0 Å². The fourth-order valence-corrected chi connectivity index (χ4v) is 3.30. The standard InChI is InChI=1S/C19H24N6S/c1-3-21-19(24-12-18-22-10-15(2)26-18)23-11-16-5-4-6-17(9-16)13-25-8-7-20-14-25/h4-10,14H,3,11-13H2,1-2H3,(H2,21,23,24). The highest BCUT2D eigenvalue weighted by molar-refractivity contribution is 7.11. The van der Waals surface area contributed by atoms with Gasteiger partial charge in [-0.2, -0.15) is 0 Å². The minimum atomic E-state index is 0.629. The number of benzene rings is 1. The van der Waals surface area contributed by atoms with Gasteiger partial charge in [0, 0.05) is 36.6 Å². The molecule has 0 saturated carbocycles. The van der Waals surface area contributed by atoms with Crippen LogP contribution in [0.4, 0.5) is 0 Å². The Labute approximate surface area is 158 Å². The van der Waals surface area contributed by atoms with Gasteiger partial charge in [0.2, 0.25) is 0 Å². The van der Waals surface area contributed by atoms with Crippen molar-refractivity contribution in [1.29, 1.82) is 0 Å². The van der Waals surface area contributed by atoms with Crippen LogP contribution in [-0.2, 0) is 19.6 Å². The maximum Gasteiger partial charge on any atom is 0.191 e. The van der Waals surface area contributed by atoms with E-state index in [4.69, 9.17) is 4.99 Å². The smallest absolute Gasteiger partial charge is 0.191 e. The molecular weight excluding hydrogens is 344 g/mol. The second-order valence-corrected chi connectivity index (χ2v) is 7.29. The Morgan fingerprint density at radius 3 is 2.88 bits per heavy atom. The van der Waals surface area contributed by atoms with E-state index in [9.17, 15) is 0 Å². The van der Waals surface area contributed by atoms with Crippen LogP contribution in [0.1, 0.15) is 27.9 Å². The molecule has 0 bridgehead atoms. The number of aryl methyl sites for hydroxylation is 1. The Morgan fingerprint density at radius 1 is 1.27 bits per heavy atom. The quantitative estimate of drug-likeness (QED) is 0.497. The molecule has 2 heterocycles. The summed E-state index contributed by atoms with van der Waals surface area (Å²) in [6.07, 6.45) is 7.50. The summed E-state index contributed by atoms with van der Waals surface area (Å²) < 4.78 is 2.06. The number of thiazole rings is 1. The van der Waals surface area contributed by atoms with Crippen LogP contribution in [0.5, 0.6) is 0 Å². The van der Waals surface area contributed by atoms with Gasteiger partial charge in [-0.15, -0.1) is 11.3 Å². The molecule has 2 aromatic heterocycles. The maximum atomic E-state index is 4.70. The Morgan fingerprint density at radius 2 is 2.15 bits per heavy atom. The van der Waals surface area contributed by atoms with Gasteiger partial charge in [-0.1, -0.05) is 24.3 Å². The Bertz CT molecular complexity index is 837. The van der Waals surface area contributed by atoms with Gasteiger partial charge in [-0.25, -0.2) is 15.0 Å². The molecule has 0 unspecified atom stereocenters. The lowest BCUT2D eigenvalue weighted by Gasteiger charge is -2.10. The third-order valence-corrected chi connectivity index (χ3v) is 4.67. The van der Waals surface area contributed by atoms with E-state index >= 15 is 0 Å². The monoisotopic (exact) mass is 368 g/mol. The summed E-state index contributed by atoms with van der Waals surface area (Å²) in [6, 6.07) is 8.50. The highest BCUT2D eigenvalue weighted by Gasteiger charge is 2.02. The Kier molecular flexibility index (Phi) is 6.38. The molecular formula is C19H24N6S. The zero-order valence-corrected chi connectivity index (χ0v) is 16.0. The van der Waals surface area contributed by atoms with E-state index in [0.29, 0.717) is 13.1 Å². The number of rotatable bonds is 7. The third kappa shape index (κ3) is 5.42. The minimum absolute atomic E-state index is 0.629. The van der Waals surface area contributed by atoms with Crippen LogP contribution in [0.2, 0.25) is 0 Å². The van der Waals surface area contributed by atoms with E-state index in [-0.39, 0.29) is 0 Å². The van der Waals surface area contributed by atoms with Gasteiger partial charge in [-0.05, 0) is 25.0 Å². The molecule has 6 nitrogen and oxygen atoms in total. The van der Waals surface area contributed by atoms with Crippen molar-refractivity contribution < 1.29 is 0 Å². The first-order chi connectivity index (χ1) is 12.7. The summed E-state index contributed by atoms with van der Waals surface area (Å²) in [6.45, 7) is 7.09. The van der Waals surface area contributed by atoms with Crippen LogP contribution in [0.3, 0.4) is 0 Å². The second kappa shape index (κ2) is 9.15. The lowest BCUT2D eigenvalue weighted by Crippen LogP contribution is -2.36. The predicted octanol–water partition coefficient (Wildman–Crippen LogP) is 2.95. The largest absolute Gasteiger partial charge is 0.357 e. The molecule has 0 aliphatic carbocycles. The molecule has 0 aliphatic rings. The van der Waals surface area contributed by atoms with E-state index in [1.54, 1.807) is 17.5 Å². The summed E-state index contributed by atoms with van der Waals surface area (Å²) >= 11 is 1.70. The molecule has 0 amide bonds. The van der Waals surface area contributed by atoms with E-state index in [1.807, 2.05) is 18.7 Å². The van der Waals surface area contributed by atoms with Crippen molar-refractivity contribution in [3.05, 3.63) is 70.2 Å². The Hall–Kier alpha value is -2.67. The van der Waals surface area contributed by atoms with E-state index in [0.717, 1.165) is 24.1 Å². The molecule has 0 radical (unpaired) electrons. The first-order valence-corrected chi connectivity index (χ1v) is 9.51. The van der Waals surface area contributed by atoms with Gasteiger partial charge in [-0.3, -0.25) is 0 Å². The summed E-state index contributed by atoms with van der Waals surface area (Å²) in [5.41, 5.74) is 2.43. The molecule has 0 spiro atoms. The first kappa shape index (κ1) is 18.1. The molecule has 3 rings (SSSR count). The van der Waals surface area contributed by atoms with Crippen LogP contribution in [-0.4, -0.2) is 27.0 Å². The van der Waals surface area contributed by atoms with Gasteiger partial charge < -0.3 is 15.2 Å². The fourth-order valence-electron chi connectivity index (χ4n) is 2.57. The van der Waals surface area contributed by atoms with Crippen LogP contribution in [0.25, 0.3) is 0 Å². The van der Waals surface area contributed by atoms with Crippen LogP contribution < -0.4 is 10.6 Å². The molecule has 0 aliphatic heterocycles. The van der Waals surface area contributed by atoms with Crippen LogP contribution in [0.15, 0.2) is 54.2 Å². The summed E-state index contributed by atoms with van der Waals surface area (Å²) in [5.74, 6) is 0.806. The average molecular weight is 369 g/mol. The predicted molar refractivity (Wildman–Crippen MR) is 106 cm³/mol. The first-order valence-electron chi connectivity index (χ1n) is 8.70. The number of aromatic nitrogens is 3. The van der Waals surface area contributed by atoms with E-state index in [1.165, 1.54) is 16.0 Å². The van der Waals surface area contributed by atoms with Crippen molar-refractivity contribution in [3.8, 4) is 0 Å². The molecule has 3 aromatic rings. The van der Waals surface area contributed by atoms with Crippen LogP contribution >= 0.6 is 11.3 Å². The lowest BCUT2D eigenvalue weighted by atomic mass is 10.1. The van der Waals surface area contributed by atoms with Crippen molar-refractivity contribution >= 4 is 17.3 Å². The number of aliphatic imine (C=N–C) groups is 1. The number of hydrogen-bond acceptors (Lipinski definition) is 4. The summed E-state index contributed by atoms with van der Waals surface area (Å²) in [4.78, 5) is 14.4. The molecule has 0 atom stereocenters. The molecule has 0 saturated heterocycles. The lowest BCUT2D eigenvalue weighted by molar-refractivity contribution is 0.793. The topological polar surface area (TPSA) is 67.1 Å². The third-order valence-electron chi connectivity index (χ3n) is 3.76. The zero-order chi connectivity index (χ0) is 18.2. The SMILES string of the molecule is CCNC(=NCc1cccc(Cn2ccnc2)c1)NCc1ncc(C)s1. The van der Waals surface area contributed by atoms with Gasteiger partial charge in [0.15, 0.2) is 5.96 Å². The normalized spacial score (nSPS) is 11.5. The molecule has 2 N–H and O–H groups in total. The number of nitrogens with zero attached hydrogens (tertiary/aromatic N) is 4. The Balaban J connectivity index is 1.61. The van der Waals surface area contributed by atoms with E-state index in [2.05, 4.69) is 63.3 Å². The van der Waals surface area contributed by atoms with E-state index < -0.39 is 0 Å². The summed E-state index contributed by atoms with van der Waals surface area (Å²) in [7, 11) is 0.